The molecule has 0 atom stereocenters. The van der Waals surface area contributed by atoms with Gasteiger partial charge in [0.25, 0.3) is 5.91 Å². The Bertz CT molecular complexity index is 1350. The molecule has 0 saturated carbocycles. The molecule has 1 aromatic heterocycles. The van der Waals surface area contributed by atoms with Crippen LogP contribution in [-0.4, -0.2) is 46.9 Å². The molecule has 1 amide bonds. The minimum Gasteiger partial charge on any atom is -0.506 e. The second kappa shape index (κ2) is 12.6. The molecule has 0 radical (unpaired) electrons. The molecule has 0 aliphatic carbocycles. The van der Waals surface area contributed by atoms with E-state index in [2.05, 4.69) is 21.2 Å². The quantitative estimate of drug-likeness (QED) is 0.174. The van der Waals surface area contributed by atoms with E-state index in [0.29, 0.717) is 11.1 Å². The Morgan fingerprint density at radius 1 is 1.09 bits per heavy atom. The lowest BCUT2D eigenvalue weighted by Crippen LogP contribution is -2.30. The summed E-state index contributed by atoms with van der Waals surface area (Å²) < 4.78 is 0. The first-order chi connectivity index (χ1) is 16.8. The van der Waals surface area contributed by atoms with Crippen LogP contribution in [0.3, 0.4) is 0 Å². The fraction of sp³-hybridized carbons (Fsp3) is 0.179. The minimum atomic E-state index is -1.21. The highest BCUT2D eigenvalue weighted by molar-refractivity contribution is 6.05. The van der Waals surface area contributed by atoms with Crippen molar-refractivity contribution in [2.75, 3.05) is 13.6 Å². The van der Waals surface area contributed by atoms with Gasteiger partial charge in [-0.25, -0.2) is 0 Å². The Hall–Kier alpha value is -4.57. The molecule has 2 aromatic carbocycles. The standard InChI is InChI=1S/C25H22N2O4.C3H7N/c1-4-15(3)21-12-17(18-7-6-16-10-11-26-22(16)13-18)8-9-20(21)24(30)19(5-2)25(31)27-14-23(28)29;1-3-4-2/h2,4,6-13,26,30H,14H2,1,3H3,(H,27,31)(H,28,29);3H,1-2H3/b15-4-,24-19-;. The van der Waals surface area contributed by atoms with Gasteiger partial charge in [0.1, 0.15) is 17.9 Å². The molecule has 0 aliphatic rings. The second-order valence-corrected chi connectivity index (χ2v) is 7.47. The average Bonchev–Trinajstić information content (AvgIpc) is 3.35. The van der Waals surface area contributed by atoms with Gasteiger partial charge in [-0.05, 0) is 78.9 Å². The van der Waals surface area contributed by atoms with Gasteiger partial charge in [0.2, 0.25) is 0 Å². The molecular formula is C28H29N3O4. The van der Waals surface area contributed by atoms with Crippen molar-refractivity contribution in [2.24, 2.45) is 4.99 Å². The van der Waals surface area contributed by atoms with Crippen LogP contribution < -0.4 is 5.32 Å². The van der Waals surface area contributed by atoms with Gasteiger partial charge >= 0.3 is 5.97 Å². The van der Waals surface area contributed by atoms with Crippen LogP contribution in [0, 0.1) is 12.3 Å². The molecule has 0 spiro atoms. The summed E-state index contributed by atoms with van der Waals surface area (Å²) in [5.74, 6) is -0.245. The van der Waals surface area contributed by atoms with Gasteiger partial charge < -0.3 is 25.5 Å². The van der Waals surface area contributed by atoms with E-state index in [0.717, 1.165) is 27.6 Å². The third-order valence-electron chi connectivity index (χ3n) is 5.29. The number of fused-ring (bicyclic) bond motifs is 1. The summed E-state index contributed by atoms with van der Waals surface area (Å²) in [7, 11) is 1.75. The van der Waals surface area contributed by atoms with Crippen molar-refractivity contribution in [3.63, 3.8) is 0 Å². The Balaban J connectivity index is 0.00000100. The molecule has 35 heavy (non-hydrogen) atoms. The number of aliphatic hydroxyl groups is 1. The summed E-state index contributed by atoms with van der Waals surface area (Å²) in [5, 5.41) is 22.9. The Labute approximate surface area is 204 Å². The molecule has 7 heteroatoms. The van der Waals surface area contributed by atoms with Crippen molar-refractivity contribution in [3.05, 3.63) is 71.4 Å². The molecule has 180 valence electrons. The number of carbonyl (C=O) groups excluding carboxylic acids is 1. The maximum atomic E-state index is 12.3. The number of hydrogen-bond acceptors (Lipinski definition) is 4. The van der Waals surface area contributed by atoms with Gasteiger partial charge in [-0.2, -0.15) is 0 Å². The van der Waals surface area contributed by atoms with E-state index in [-0.39, 0.29) is 11.3 Å². The fourth-order valence-corrected chi connectivity index (χ4v) is 3.26. The molecule has 4 N–H and O–H groups in total. The maximum Gasteiger partial charge on any atom is 0.322 e. The molecule has 0 bridgehead atoms. The number of carboxylic acids is 1. The number of hydrogen-bond donors (Lipinski definition) is 4. The van der Waals surface area contributed by atoms with E-state index in [4.69, 9.17) is 11.5 Å². The summed E-state index contributed by atoms with van der Waals surface area (Å²) in [6, 6.07) is 13.5. The van der Waals surface area contributed by atoms with E-state index in [1.54, 1.807) is 19.3 Å². The molecule has 3 aromatic rings. The predicted octanol–water partition coefficient (Wildman–Crippen LogP) is 5.07. The third-order valence-corrected chi connectivity index (χ3v) is 5.29. The van der Waals surface area contributed by atoms with Gasteiger partial charge in [-0.1, -0.05) is 30.2 Å². The molecule has 3 rings (SSSR count). The van der Waals surface area contributed by atoms with Crippen LogP contribution in [-0.2, 0) is 9.59 Å². The number of aromatic amines is 1. The predicted molar refractivity (Wildman–Crippen MR) is 142 cm³/mol. The number of benzene rings is 2. The average molecular weight is 472 g/mol. The number of aliphatic hydroxyl groups excluding tert-OH is 1. The number of nitrogens with zero attached hydrogens (tertiary/aromatic N) is 1. The largest absolute Gasteiger partial charge is 0.506 e. The number of aliphatic carboxylic acids is 1. The van der Waals surface area contributed by atoms with Gasteiger partial charge in [-0.15, -0.1) is 6.42 Å². The molecule has 1 heterocycles. The molecule has 0 saturated heterocycles. The highest BCUT2D eigenvalue weighted by Crippen LogP contribution is 2.32. The number of terminal acetylenes is 1. The lowest BCUT2D eigenvalue weighted by Gasteiger charge is -2.14. The van der Waals surface area contributed by atoms with E-state index in [1.165, 1.54) is 0 Å². The number of aromatic nitrogens is 1. The smallest absolute Gasteiger partial charge is 0.322 e. The van der Waals surface area contributed by atoms with E-state index in [9.17, 15) is 14.7 Å². The number of nitrogens with one attached hydrogen (secondary N) is 2. The first-order valence-corrected chi connectivity index (χ1v) is 10.9. The zero-order chi connectivity index (χ0) is 26.0. The first kappa shape index (κ1) is 26.7. The lowest BCUT2D eigenvalue weighted by molar-refractivity contribution is -0.137. The summed E-state index contributed by atoms with van der Waals surface area (Å²) in [5.41, 5.74) is 4.59. The first-order valence-electron chi connectivity index (χ1n) is 10.9. The molecule has 0 aliphatic heterocycles. The van der Waals surface area contributed by atoms with Crippen molar-refractivity contribution >= 4 is 40.3 Å². The zero-order valence-corrected chi connectivity index (χ0v) is 20.2. The van der Waals surface area contributed by atoms with Crippen molar-refractivity contribution in [2.45, 2.75) is 20.8 Å². The Morgan fingerprint density at radius 3 is 2.34 bits per heavy atom. The van der Waals surface area contributed by atoms with E-state index >= 15 is 0 Å². The number of amides is 1. The SMILES string of the molecule is C#C/C(C(=O)NCC(=O)O)=C(/O)c1ccc(-c2ccc3cc[nH]c3c2)cc1/C(C)=C\C.CC=NC. The second-order valence-electron chi connectivity index (χ2n) is 7.47. The number of allylic oxidation sites excluding steroid dienone is 2. The molecule has 7 nitrogen and oxygen atoms in total. The van der Waals surface area contributed by atoms with E-state index in [1.807, 2.05) is 69.4 Å². The van der Waals surface area contributed by atoms with Gasteiger partial charge in [0.05, 0.1) is 0 Å². The van der Waals surface area contributed by atoms with Crippen LogP contribution in [0.1, 0.15) is 31.9 Å². The topological polar surface area (TPSA) is 115 Å². The normalized spacial score (nSPS) is 11.9. The third kappa shape index (κ3) is 6.71. The number of rotatable bonds is 6. The van der Waals surface area contributed by atoms with Crippen molar-refractivity contribution < 1.29 is 19.8 Å². The minimum absolute atomic E-state index is 0.327. The van der Waals surface area contributed by atoms with Crippen LogP contribution in [0.5, 0.6) is 0 Å². The summed E-state index contributed by atoms with van der Waals surface area (Å²) >= 11 is 0. The maximum absolute atomic E-state index is 12.3. The highest BCUT2D eigenvalue weighted by atomic mass is 16.4. The number of aliphatic imine (C=N–C) groups is 1. The van der Waals surface area contributed by atoms with Crippen LogP contribution in [0.2, 0.25) is 0 Å². The monoisotopic (exact) mass is 471 g/mol. The lowest BCUT2D eigenvalue weighted by atomic mass is 9.92. The van der Waals surface area contributed by atoms with Crippen LogP contribution in [0.4, 0.5) is 0 Å². The number of H-pyrrole nitrogens is 1. The number of carbonyl (C=O) groups is 2. The summed E-state index contributed by atoms with van der Waals surface area (Å²) in [6.45, 7) is 5.06. The highest BCUT2D eigenvalue weighted by Gasteiger charge is 2.19. The van der Waals surface area contributed by atoms with Gasteiger partial charge in [-0.3, -0.25) is 9.59 Å². The van der Waals surface area contributed by atoms with Crippen molar-refractivity contribution in [1.29, 1.82) is 0 Å². The zero-order valence-electron chi connectivity index (χ0n) is 20.2. The van der Waals surface area contributed by atoms with Crippen molar-refractivity contribution in [1.82, 2.24) is 10.3 Å². The van der Waals surface area contributed by atoms with Crippen LogP contribution in [0.25, 0.3) is 33.4 Å². The summed E-state index contributed by atoms with van der Waals surface area (Å²) in [4.78, 5) is 29.8. The molecule has 0 fully saturated rings. The van der Waals surface area contributed by atoms with Crippen LogP contribution in [0.15, 0.2) is 65.3 Å². The molecular weight excluding hydrogens is 442 g/mol. The molecule has 0 unspecified atom stereocenters. The fourth-order valence-electron chi connectivity index (χ4n) is 3.26. The Kier molecular flexibility index (Phi) is 9.61. The van der Waals surface area contributed by atoms with Crippen LogP contribution >= 0.6 is 0 Å². The Morgan fingerprint density at radius 2 is 1.74 bits per heavy atom. The number of carboxylic acid groups (broad SMARTS) is 1. The van der Waals surface area contributed by atoms with Gasteiger partial charge in [0, 0.05) is 24.3 Å². The van der Waals surface area contributed by atoms with Gasteiger partial charge in [0.15, 0.2) is 0 Å². The van der Waals surface area contributed by atoms with E-state index < -0.39 is 18.4 Å². The summed E-state index contributed by atoms with van der Waals surface area (Å²) in [6.07, 6.45) is 11.0. The van der Waals surface area contributed by atoms with Crippen molar-refractivity contribution in [3.8, 4) is 23.5 Å².